The van der Waals surface area contributed by atoms with Crippen LogP contribution in [0.5, 0.6) is 0 Å². The minimum Gasteiger partial charge on any atom is -0.360 e. The molecule has 24 heavy (non-hydrogen) atoms. The summed E-state index contributed by atoms with van der Waals surface area (Å²) in [5.41, 5.74) is 1.87. The maximum Gasteiger partial charge on any atom is 0.267 e. The van der Waals surface area contributed by atoms with E-state index in [2.05, 4.69) is 33.2 Å². The van der Waals surface area contributed by atoms with Gasteiger partial charge in [-0.15, -0.1) is 0 Å². The maximum absolute atomic E-state index is 13.1. The molecular formula is C17H12ClFIN3O. The average molecular weight is 456 g/mol. The van der Waals surface area contributed by atoms with Crippen LogP contribution in [0.2, 0.25) is 5.02 Å². The minimum atomic E-state index is -0.543. The first kappa shape index (κ1) is 18.2. The molecule has 0 bridgehead atoms. The molecule has 0 unspecified atom stereocenters. The minimum absolute atomic E-state index is 0.0501. The summed E-state index contributed by atoms with van der Waals surface area (Å²) in [6, 6.07) is 11.4. The van der Waals surface area contributed by atoms with Crippen molar-refractivity contribution in [1.29, 1.82) is 5.26 Å². The van der Waals surface area contributed by atoms with Crippen molar-refractivity contribution in [2.75, 3.05) is 10.6 Å². The van der Waals surface area contributed by atoms with E-state index < -0.39 is 11.7 Å². The third-order valence-corrected chi connectivity index (χ3v) is 4.07. The first-order chi connectivity index (χ1) is 11.4. The topological polar surface area (TPSA) is 64.9 Å². The molecule has 0 spiro atoms. The zero-order valence-corrected chi connectivity index (χ0v) is 15.4. The summed E-state index contributed by atoms with van der Waals surface area (Å²) in [6.45, 7) is 1.87. The molecule has 0 saturated carbocycles. The molecule has 0 saturated heterocycles. The first-order valence-corrected chi connectivity index (χ1v) is 8.25. The molecule has 0 fully saturated rings. The van der Waals surface area contributed by atoms with Crippen molar-refractivity contribution in [3.63, 3.8) is 0 Å². The molecule has 0 aliphatic carbocycles. The van der Waals surface area contributed by atoms with Gasteiger partial charge in [0.25, 0.3) is 5.91 Å². The van der Waals surface area contributed by atoms with Gasteiger partial charge in [0, 0.05) is 21.1 Å². The lowest BCUT2D eigenvalue weighted by Gasteiger charge is -2.08. The van der Waals surface area contributed by atoms with E-state index in [1.807, 2.05) is 25.1 Å². The van der Waals surface area contributed by atoms with Crippen LogP contribution in [0, 0.1) is 27.6 Å². The summed E-state index contributed by atoms with van der Waals surface area (Å²) in [5, 5.41) is 14.6. The highest BCUT2D eigenvalue weighted by atomic mass is 127. The van der Waals surface area contributed by atoms with E-state index in [-0.39, 0.29) is 10.6 Å². The molecule has 2 rings (SSSR count). The van der Waals surface area contributed by atoms with Crippen molar-refractivity contribution < 1.29 is 9.18 Å². The number of aryl methyl sites for hydroxylation is 1. The summed E-state index contributed by atoms with van der Waals surface area (Å²) in [7, 11) is 0. The fourth-order valence-electron chi connectivity index (χ4n) is 1.85. The SMILES string of the molecule is Cc1cc(I)ccc1NC(=O)/C(C#N)=C\Nc1ccc(F)c(Cl)c1. The number of hydrogen-bond donors (Lipinski definition) is 2. The van der Waals surface area contributed by atoms with Gasteiger partial charge in [0.1, 0.15) is 17.5 Å². The molecule has 7 heteroatoms. The van der Waals surface area contributed by atoms with Gasteiger partial charge in [-0.05, 0) is 71.5 Å². The largest absolute Gasteiger partial charge is 0.360 e. The number of rotatable bonds is 4. The Morgan fingerprint density at radius 3 is 2.71 bits per heavy atom. The Kier molecular flexibility index (Phi) is 6.17. The molecule has 2 aromatic carbocycles. The van der Waals surface area contributed by atoms with Gasteiger partial charge in [0.05, 0.1) is 5.02 Å². The van der Waals surface area contributed by atoms with Crippen LogP contribution in [-0.4, -0.2) is 5.91 Å². The van der Waals surface area contributed by atoms with Crippen LogP contribution in [0.3, 0.4) is 0 Å². The third kappa shape index (κ3) is 4.69. The van der Waals surface area contributed by atoms with Crippen molar-refractivity contribution in [1.82, 2.24) is 0 Å². The number of amides is 1. The van der Waals surface area contributed by atoms with Gasteiger partial charge in [-0.2, -0.15) is 5.26 Å². The van der Waals surface area contributed by atoms with Crippen LogP contribution in [0.4, 0.5) is 15.8 Å². The molecule has 0 aliphatic rings. The number of benzene rings is 2. The molecule has 2 aromatic rings. The molecule has 0 atom stereocenters. The molecule has 0 heterocycles. The quantitative estimate of drug-likeness (QED) is 0.393. The Bertz CT molecular complexity index is 861. The van der Waals surface area contributed by atoms with Crippen molar-refractivity contribution in [3.05, 3.63) is 68.1 Å². The van der Waals surface area contributed by atoms with Crippen molar-refractivity contribution in [2.45, 2.75) is 6.92 Å². The van der Waals surface area contributed by atoms with E-state index in [0.717, 1.165) is 9.13 Å². The Morgan fingerprint density at radius 1 is 1.33 bits per heavy atom. The highest BCUT2D eigenvalue weighted by molar-refractivity contribution is 14.1. The van der Waals surface area contributed by atoms with Gasteiger partial charge >= 0.3 is 0 Å². The van der Waals surface area contributed by atoms with Crippen LogP contribution in [0.1, 0.15) is 5.56 Å². The van der Waals surface area contributed by atoms with Gasteiger partial charge in [0.2, 0.25) is 0 Å². The van der Waals surface area contributed by atoms with E-state index in [1.54, 1.807) is 6.07 Å². The van der Waals surface area contributed by atoms with Crippen molar-refractivity contribution in [3.8, 4) is 6.07 Å². The van der Waals surface area contributed by atoms with Crippen LogP contribution in [0.25, 0.3) is 0 Å². The summed E-state index contributed by atoms with van der Waals surface area (Å²) in [5.74, 6) is -1.08. The fourth-order valence-corrected chi connectivity index (χ4v) is 2.67. The molecule has 0 radical (unpaired) electrons. The maximum atomic E-state index is 13.1. The van der Waals surface area contributed by atoms with Crippen LogP contribution in [0.15, 0.2) is 48.2 Å². The number of anilines is 2. The second-order valence-electron chi connectivity index (χ2n) is 4.86. The first-order valence-electron chi connectivity index (χ1n) is 6.80. The fraction of sp³-hybridized carbons (Fsp3) is 0.0588. The second kappa shape index (κ2) is 8.13. The van der Waals surface area contributed by atoms with Gasteiger partial charge < -0.3 is 10.6 Å². The lowest BCUT2D eigenvalue weighted by Crippen LogP contribution is -2.15. The Labute approximate surface area is 157 Å². The zero-order chi connectivity index (χ0) is 17.7. The van der Waals surface area contributed by atoms with Crippen LogP contribution < -0.4 is 10.6 Å². The Morgan fingerprint density at radius 2 is 2.08 bits per heavy atom. The summed E-state index contributed by atoms with van der Waals surface area (Å²) in [4.78, 5) is 12.2. The number of halogens is 3. The smallest absolute Gasteiger partial charge is 0.267 e. The van der Waals surface area contributed by atoms with E-state index in [0.29, 0.717) is 11.4 Å². The lowest BCUT2D eigenvalue weighted by molar-refractivity contribution is -0.112. The van der Waals surface area contributed by atoms with E-state index in [4.69, 9.17) is 16.9 Å². The molecule has 0 aromatic heterocycles. The number of carbonyl (C=O) groups is 1. The number of nitrogens with one attached hydrogen (secondary N) is 2. The number of hydrogen-bond acceptors (Lipinski definition) is 3. The summed E-state index contributed by atoms with van der Waals surface area (Å²) in [6.07, 6.45) is 1.25. The molecular weight excluding hydrogens is 444 g/mol. The monoisotopic (exact) mass is 455 g/mol. The van der Waals surface area contributed by atoms with Crippen molar-refractivity contribution >= 4 is 51.5 Å². The van der Waals surface area contributed by atoms with Crippen LogP contribution in [-0.2, 0) is 4.79 Å². The molecule has 0 aliphatic heterocycles. The number of carbonyl (C=O) groups excluding carboxylic acids is 1. The zero-order valence-electron chi connectivity index (χ0n) is 12.5. The predicted octanol–water partition coefficient (Wildman–Crippen LogP) is 4.85. The normalized spacial score (nSPS) is 10.9. The third-order valence-electron chi connectivity index (χ3n) is 3.10. The van der Waals surface area contributed by atoms with Gasteiger partial charge in [-0.25, -0.2) is 4.39 Å². The second-order valence-corrected chi connectivity index (χ2v) is 6.51. The highest BCUT2D eigenvalue weighted by Crippen LogP contribution is 2.20. The lowest BCUT2D eigenvalue weighted by atomic mass is 10.2. The van der Waals surface area contributed by atoms with Gasteiger partial charge in [-0.3, -0.25) is 4.79 Å². The van der Waals surface area contributed by atoms with Crippen molar-refractivity contribution in [2.24, 2.45) is 0 Å². The van der Waals surface area contributed by atoms with E-state index in [1.165, 1.54) is 24.4 Å². The Hall–Kier alpha value is -2.11. The number of nitriles is 1. The molecule has 4 nitrogen and oxygen atoms in total. The standard InChI is InChI=1S/C17H12ClFIN3O/c1-10-6-12(20)2-5-16(10)23-17(24)11(8-21)9-22-13-3-4-15(19)14(18)7-13/h2-7,9,22H,1H3,(H,23,24)/b11-9-. The van der Waals surface area contributed by atoms with Gasteiger partial charge in [0.15, 0.2) is 0 Å². The number of nitrogens with zero attached hydrogens (tertiary/aromatic N) is 1. The molecule has 122 valence electrons. The van der Waals surface area contributed by atoms with E-state index >= 15 is 0 Å². The van der Waals surface area contributed by atoms with Gasteiger partial charge in [-0.1, -0.05) is 11.6 Å². The highest BCUT2D eigenvalue weighted by Gasteiger charge is 2.11. The Balaban J connectivity index is 2.13. The van der Waals surface area contributed by atoms with E-state index in [9.17, 15) is 9.18 Å². The van der Waals surface area contributed by atoms with Crippen LogP contribution >= 0.6 is 34.2 Å². The molecule has 1 amide bonds. The summed E-state index contributed by atoms with van der Waals surface area (Å²) >= 11 is 7.86. The summed E-state index contributed by atoms with van der Waals surface area (Å²) < 4.78 is 14.2. The molecule has 2 N–H and O–H groups in total. The average Bonchev–Trinajstić information content (AvgIpc) is 2.54. The predicted molar refractivity (Wildman–Crippen MR) is 101 cm³/mol.